The monoisotopic (exact) mass is 328 g/mol. The van der Waals surface area contributed by atoms with Gasteiger partial charge >= 0.3 is 0 Å². The first-order chi connectivity index (χ1) is 11.6. The summed E-state index contributed by atoms with van der Waals surface area (Å²) in [6.07, 6.45) is -0.637. The second kappa shape index (κ2) is 7.55. The van der Waals surface area contributed by atoms with Gasteiger partial charge in [-0.1, -0.05) is 30.3 Å². The van der Waals surface area contributed by atoms with Crippen molar-refractivity contribution < 1.29 is 9.50 Å². The summed E-state index contributed by atoms with van der Waals surface area (Å²) >= 11 is 0. The van der Waals surface area contributed by atoms with Crippen LogP contribution in [0.3, 0.4) is 0 Å². The van der Waals surface area contributed by atoms with E-state index in [1.54, 1.807) is 24.3 Å². The molecule has 24 heavy (non-hydrogen) atoms. The van der Waals surface area contributed by atoms with E-state index in [9.17, 15) is 14.3 Å². The van der Waals surface area contributed by atoms with E-state index in [1.165, 1.54) is 12.1 Å². The first-order valence-corrected chi connectivity index (χ1v) is 8.14. The molecule has 0 aliphatic carbocycles. The quantitative estimate of drug-likeness (QED) is 0.933. The van der Waals surface area contributed by atoms with Crippen molar-refractivity contribution in [2.24, 2.45) is 0 Å². The van der Waals surface area contributed by atoms with Crippen molar-refractivity contribution in [1.82, 2.24) is 4.90 Å². The normalized spacial score (nSPS) is 16.8. The molecule has 1 heterocycles. The van der Waals surface area contributed by atoms with Gasteiger partial charge in [0.1, 0.15) is 5.82 Å². The van der Waals surface area contributed by atoms with Crippen LogP contribution in [0.1, 0.15) is 11.7 Å². The van der Waals surface area contributed by atoms with Crippen molar-refractivity contribution in [3.8, 4) is 0 Å². The molecule has 0 saturated carbocycles. The number of aliphatic hydroxyl groups is 1. The topological polar surface area (TPSA) is 43.8 Å². The molecule has 1 aliphatic heterocycles. The van der Waals surface area contributed by atoms with Crippen LogP contribution in [0.4, 0.5) is 10.1 Å². The number of halogens is 1. The average molecular weight is 328 g/mol. The van der Waals surface area contributed by atoms with Crippen molar-refractivity contribution in [1.29, 1.82) is 0 Å². The van der Waals surface area contributed by atoms with Gasteiger partial charge in [0.25, 0.3) is 0 Å². The number of aliphatic hydroxyl groups excluding tert-OH is 1. The Kier molecular flexibility index (Phi) is 5.23. The van der Waals surface area contributed by atoms with Gasteiger partial charge in [0.15, 0.2) is 0 Å². The number of hydrogen-bond donors (Lipinski definition) is 1. The molecular weight excluding hydrogens is 307 g/mol. The lowest BCUT2D eigenvalue weighted by atomic mass is 10.1. The highest BCUT2D eigenvalue weighted by Crippen LogP contribution is 2.17. The Bertz CT molecular complexity index is 728. The number of piperazine rings is 1. The molecule has 1 atom stereocenters. The lowest BCUT2D eigenvalue weighted by Crippen LogP contribution is -2.48. The third kappa shape index (κ3) is 3.99. The number of nitrogens with zero attached hydrogens (tertiary/aromatic N) is 2. The summed E-state index contributed by atoms with van der Waals surface area (Å²) in [4.78, 5) is 16.3. The predicted octanol–water partition coefficient (Wildman–Crippen LogP) is 2.04. The Balaban J connectivity index is 1.58. The Hall–Kier alpha value is -2.24. The van der Waals surface area contributed by atoms with E-state index in [1.807, 2.05) is 18.2 Å². The van der Waals surface area contributed by atoms with Gasteiger partial charge < -0.3 is 10.0 Å². The zero-order valence-corrected chi connectivity index (χ0v) is 13.4. The van der Waals surface area contributed by atoms with Gasteiger partial charge in [0.2, 0.25) is 5.43 Å². The molecule has 1 N–H and O–H groups in total. The van der Waals surface area contributed by atoms with Crippen LogP contribution in [0, 0.1) is 5.82 Å². The molecule has 5 heteroatoms. The molecule has 1 saturated heterocycles. The SMILES string of the molecule is O=c1cccccc1N1CCN(CC(O)c2ccc(F)cc2)CC1. The molecule has 0 aromatic heterocycles. The molecule has 0 spiro atoms. The highest BCUT2D eigenvalue weighted by molar-refractivity contribution is 5.45. The molecule has 1 aliphatic rings. The number of β-amino-alcohol motifs (C(OH)–C–C–N with tert-alkyl or cyclic N) is 1. The van der Waals surface area contributed by atoms with E-state index in [2.05, 4.69) is 9.80 Å². The standard InChI is InChI=1S/C19H21FN2O2/c20-16-8-6-15(7-9-16)19(24)14-21-10-12-22(13-11-21)17-4-2-1-3-5-18(17)23/h1-9,19,24H,10-14H2. The van der Waals surface area contributed by atoms with E-state index in [4.69, 9.17) is 0 Å². The molecule has 0 radical (unpaired) electrons. The fraction of sp³-hybridized carbons (Fsp3) is 0.316. The van der Waals surface area contributed by atoms with Crippen LogP contribution in [-0.2, 0) is 0 Å². The van der Waals surface area contributed by atoms with Gasteiger partial charge in [-0.05, 0) is 29.8 Å². The average Bonchev–Trinajstić information content (AvgIpc) is 2.81. The summed E-state index contributed by atoms with van der Waals surface area (Å²) in [5, 5.41) is 10.3. The largest absolute Gasteiger partial charge is 0.387 e. The van der Waals surface area contributed by atoms with E-state index in [0.29, 0.717) is 6.54 Å². The third-order valence-electron chi connectivity index (χ3n) is 4.38. The molecule has 0 amide bonds. The van der Waals surface area contributed by atoms with Gasteiger partial charge in [0, 0.05) is 32.7 Å². The highest BCUT2D eigenvalue weighted by Gasteiger charge is 2.21. The summed E-state index contributed by atoms with van der Waals surface area (Å²) in [7, 11) is 0. The minimum absolute atomic E-state index is 0.0276. The van der Waals surface area contributed by atoms with Crippen molar-refractivity contribution in [3.63, 3.8) is 0 Å². The van der Waals surface area contributed by atoms with E-state index in [0.717, 1.165) is 37.4 Å². The number of anilines is 1. The van der Waals surface area contributed by atoms with Crippen molar-refractivity contribution in [2.75, 3.05) is 37.6 Å². The Morgan fingerprint density at radius 2 is 1.62 bits per heavy atom. The van der Waals surface area contributed by atoms with Crippen LogP contribution < -0.4 is 10.3 Å². The van der Waals surface area contributed by atoms with Crippen LogP contribution in [-0.4, -0.2) is 42.7 Å². The van der Waals surface area contributed by atoms with Crippen LogP contribution in [0.15, 0.2) is 59.4 Å². The summed E-state index contributed by atoms with van der Waals surface area (Å²) in [5.41, 5.74) is 1.47. The minimum atomic E-state index is -0.637. The summed E-state index contributed by atoms with van der Waals surface area (Å²) < 4.78 is 12.9. The molecule has 1 unspecified atom stereocenters. The lowest BCUT2D eigenvalue weighted by molar-refractivity contribution is 0.109. The van der Waals surface area contributed by atoms with Crippen LogP contribution in [0.2, 0.25) is 0 Å². The maximum atomic E-state index is 12.9. The van der Waals surface area contributed by atoms with Gasteiger partial charge in [-0.2, -0.15) is 0 Å². The predicted molar refractivity (Wildman–Crippen MR) is 92.7 cm³/mol. The number of rotatable bonds is 4. The molecule has 4 nitrogen and oxygen atoms in total. The summed E-state index contributed by atoms with van der Waals surface area (Å²) in [6.45, 7) is 3.55. The maximum Gasteiger partial charge on any atom is 0.201 e. The number of benzene rings is 1. The van der Waals surface area contributed by atoms with Crippen molar-refractivity contribution >= 4 is 5.69 Å². The molecule has 2 aromatic carbocycles. The van der Waals surface area contributed by atoms with E-state index >= 15 is 0 Å². The van der Waals surface area contributed by atoms with Gasteiger partial charge in [-0.25, -0.2) is 4.39 Å². The summed E-state index contributed by atoms with van der Waals surface area (Å²) in [6, 6.07) is 14.9. The summed E-state index contributed by atoms with van der Waals surface area (Å²) in [5.74, 6) is -0.302. The number of hydrogen-bond acceptors (Lipinski definition) is 4. The molecular formula is C19H21FN2O2. The Morgan fingerprint density at radius 3 is 2.33 bits per heavy atom. The van der Waals surface area contributed by atoms with Crippen LogP contribution in [0.5, 0.6) is 0 Å². The first kappa shape index (κ1) is 16.6. The van der Waals surface area contributed by atoms with Gasteiger partial charge in [-0.3, -0.25) is 9.69 Å². The first-order valence-electron chi connectivity index (χ1n) is 8.14. The zero-order valence-electron chi connectivity index (χ0n) is 13.4. The van der Waals surface area contributed by atoms with Crippen molar-refractivity contribution in [2.45, 2.75) is 6.10 Å². The Labute approximate surface area is 140 Å². The fourth-order valence-corrected chi connectivity index (χ4v) is 2.99. The minimum Gasteiger partial charge on any atom is -0.387 e. The van der Waals surface area contributed by atoms with Crippen LogP contribution >= 0.6 is 0 Å². The zero-order chi connectivity index (χ0) is 16.9. The smallest absolute Gasteiger partial charge is 0.201 e. The molecule has 126 valence electrons. The third-order valence-corrected chi connectivity index (χ3v) is 4.38. The van der Waals surface area contributed by atoms with Crippen molar-refractivity contribution in [3.05, 3.63) is 76.2 Å². The molecule has 0 bridgehead atoms. The molecule has 3 rings (SSSR count). The second-order valence-electron chi connectivity index (χ2n) is 6.02. The second-order valence-corrected chi connectivity index (χ2v) is 6.02. The van der Waals surface area contributed by atoms with E-state index < -0.39 is 6.10 Å². The maximum absolute atomic E-state index is 12.9. The van der Waals surface area contributed by atoms with E-state index in [-0.39, 0.29) is 11.2 Å². The van der Waals surface area contributed by atoms with Gasteiger partial charge in [-0.15, -0.1) is 0 Å². The molecule has 2 aromatic rings. The fourth-order valence-electron chi connectivity index (χ4n) is 2.99. The Morgan fingerprint density at radius 1 is 0.958 bits per heavy atom. The molecule has 1 fully saturated rings. The lowest BCUT2D eigenvalue weighted by Gasteiger charge is -2.36. The highest BCUT2D eigenvalue weighted by atomic mass is 19.1. The van der Waals surface area contributed by atoms with Gasteiger partial charge in [0.05, 0.1) is 11.8 Å². The van der Waals surface area contributed by atoms with Crippen LogP contribution in [0.25, 0.3) is 0 Å².